The number of ether oxygens (including phenoxy) is 2. The predicted octanol–water partition coefficient (Wildman–Crippen LogP) is 5.25. The molecule has 1 aliphatic rings. The molecule has 0 spiro atoms. The predicted molar refractivity (Wildman–Crippen MR) is 134 cm³/mol. The number of nitrogens with zero attached hydrogens (tertiary/aromatic N) is 1. The number of aliphatic hydroxyl groups is 1. The van der Waals surface area contributed by atoms with Crippen molar-refractivity contribution in [2.75, 3.05) is 14.2 Å². The zero-order valence-corrected chi connectivity index (χ0v) is 20.6. The van der Waals surface area contributed by atoms with E-state index < -0.39 is 17.7 Å². The maximum atomic E-state index is 13.4. The molecule has 1 fully saturated rings. The van der Waals surface area contributed by atoms with Crippen LogP contribution < -0.4 is 9.47 Å². The third kappa shape index (κ3) is 4.28. The van der Waals surface area contributed by atoms with Gasteiger partial charge in [0.1, 0.15) is 17.3 Å². The summed E-state index contributed by atoms with van der Waals surface area (Å²) in [6, 6.07) is 17.8. The normalized spacial score (nSPS) is 17.1. The molecule has 1 amide bonds. The summed E-state index contributed by atoms with van der Waals surface area (Å²) >= 11 is 0. The fourth-order valence-electron chi connectivity index (χ4n) is 4.69. The topological polar surface area (TPSA) is 76.1 Å². The largest absolute Gasteiger partial charge is 0.507 e. The van der Waals surface area contributed by atoms with Crippen LogP contribution in [0, 0.1) is 20.8 Å². The van der Waals surface area contributed by atoms with Crippen molar-refractivity contribution in [3.05, 3.63) is 99.6 Å². The van der Waals surface area contributed by atoms with E-state index in [1.54, 1.807) is 20.3 Å². The van der Waals surface area contributed by atoms with E-state index in [0.717, 1.165) is 27.8 Å². The molecule has 1 saturated heterocycles. The maximum Gasteiger partial charge on any atom is 0.295 e. The highest BCUT2D eigenvalue weighted by atomic mass is 16.5. The van der Waals surface area contributed by atoms with Gasteiger partial charge in [0.2, 0.25) is 0 Å². The molecule has 180 valence electrons. The van der Waals surface area contributed by atoms with Gasteiger partial charge in [0.25, 0.3) is 11.7 Å². The second kappa shape index (κ2) is 9.66. The Balaban J connectivity index is 1.93. The first-order valence-electron chi connectivity index (χ1n) is 11.4. The Morgan fingerprint density at radius 1 is 0.857 bits per heavy atom. The molecule has 6 nitrogen and oxygen atoms in total. The zero-order chi connectivity index (χ0) is 25.3. The number of carbonyl (C=O) groups is 2. The molecule has 0 aromatic heterocycles. The summed E-state index contributed by atoms with van der Waals surface area (Å²) in [5, 5.41) is 11.5. The zero-order valence-electron chi connectivity index (χ0n) is 20.6. The van der Waals surface area contributed by atoms with Crippen molar-refractivity contribution in [1.82, 2.24) is 4.90 Å². The van der Waals surface area contributed by atoms with Crippen molar-refractivity contribution in [2.45, 2.75) is 33.4 Å². The highest BCUT2D eigenvalue weighted by Crippen LogP contribution is 2.42. The summed E-state index contributed by atoms with van der Waals surface area (Å²) in [6.45, 7) is 5.80. The van der Waals surface area contributed by atoms with Gasteiger partial charge in [-0.3, -0.25) is 9.59 Å². The number of para-hydroxylation sites is 1. The van der Waals surface area contributed by atoms with Crippen LogP contribution in [0.5, 0.6) is 11.5 Å². The third-order valence-corrected chi connectivity index (χ3v) is 6.55. The highest BCUT2D eigenvalue weighted by molar-refractivity contribution is 6.46. The lowest BCUT2D eigenvalue weighted by atomic mass is 9.91. The monoisotopic (exact) mass is 471 g/mol. The van der Waals surface area contributed by atoms with E-state index in [9.17, 15) is 14.7 Å². The van der Waals surface area contributed by atoms with E-state index in [1.165, 1.54) is 4.90 Å². The second-order valence-corrected chi connectivity index (χ2v) is 8.73. The van der Waals surface area contributed by atoms with Crippen molar-refractivity contribution in [3.63, 3.8) is 0 Å². The van der Waals surface area contributed by atoms with Gasteiger partial charge in [-0.05, 0) is 61.2 Å². The molecule has 1 aliphatic heterocycles. The fraction of sp³-hybridized carbons (Fsp3) is 0.241. The average molecular weight is 472 g/mol. The minimum atomic E-state index is -0.747. The molecule has 0 aliphatic carbocycles. The average Bonchev–Trinajstić information content (AvgIpc) is 3.10. The van der Waals surface area contributed by atoms with Gasteiger partial charge in [-0.15, -0.1) is 0 Å². The van der Waals surface area contributed by atoms with E-state index >= 15 is 0 Å². The molecular weight excluding hydrogens is 442 g/mol. The van der Waals surface area contributed by atoms with Crippen LogP contribution in [-0.2, 0) is 16.1 Å². The van der Waals surface area contributed by atoms with Crippen LogP contribution in [0.4, 0.5) is 0 Å². The Hall–Kier alpha value is -4.06. The van der Waals surface area contributed by atoms with Crippen LogP contribution in [0.2, 0.25) is 0 Å². The number of likely N-dealkylation sites (tertiary alicyclic amines) is 1. The van der Waals surface area contributed by atoms with Crippen molar-refractivity contribution in [2.24, 2.45) is 0 Å². The van der Waals surface area contributed by atoms with E-state index in [-0.39, 0.29) is 17.9 Å². The number of Topliss-reactive ketones (excluding diaryl/α,β-unsaturated/α-hetero) is 1. The minimum absolute atomic E-state index is 0.0758. The number of benzene rings is 3. The summed E-state index contributed by atoms with van der Waals surface area (Å²) in [4.78, 5) is 28.3. The molecule has 0 saturated carbocycles. The molecular formula is C29H29NO5. The number of ketones is 1. The number of carbonyl (C=O) groups excluding carboxylic acids is 2. The van der Waals surface area contributed by atoms with E-state index in [2.05, 4.69) is 0 Å². The lowest BCUT2D eigenvalue weighted by molar-refractivity contribution is -0.140. The fourth-order valence-corrected chi connectivity index (χ4v) is 4.69. The Morgan fingerprint density at radius 2 is 1.51 bits per heavy atom. The maximum absolute atomic E-state index is 13.4. The van der Waals surface area contributed by atoms with Crippen LogP contribution in [0.25, 0.3) is 5.76 Å². The minimum Gasteiger partial charge on any atom is -0.507 e. The first-order chi connectivity index (χ1) is 16.8. The standard InChI is InChI=1S/C29H29NO5/c1-17-10-6-8-12-21(17)26-25(27(31)22-14-19(3)24(35-5)15-18(22)2)28(32)29(33)30(26)16-20-11-7-9-13-23(20)34-4/h6-15,26,31H,16H2,1-5H3/b27-25+. The quantitative estimate of drug-likeness (QED) is 0.302. The Labute approximate surface area is 205 Å². The molecule has 4 rings (SSSR count). The van der Waals surface area contributed by atoms with Gasteiger partial charge in [0.05, 0.1) is 32.4 Å². The van der Waals surface area contributed by atoms with Crippen molar-refractivity contribution in [1.29, 1.82) is 0 Å². The summed E-state index contributed by atoms with van der Waals surface area (Å²) in [5.41, 5.74) is 4.60. The summed E-state index contributed by atoms with van der Waals surface area (Å²) in [6.07, 6.45) is 0. The number of aryl methyl sites for hydroxylation is 3. The summed E-state index contributed by atoms with van der Waals surface area (Å²) in [7, 11) is 3.16. The van der Waals surface area contributed by atoms with E-state index in [4.69, 9.17) is 9.47 Å². The van der Waals surface area contributed by atoms with Crippen molar-refractivity contribution < 1.29 is 24.2 Å². The smallest absolute Gasteiger partial charge is 0.295 e. The Morgan fingerprint density at radius 3 is 2.20 bits per heavy atom. The number of aliphatic hydroxyl groups excluding tert-OH is 1. The van der Waals surface area contributed by atoms with Crippen molar-refractivity contribution >= 4 is 17.4 Å². The second-order valence-electron chi connectivity index (χ2n) is 8.73. The number of hydrogen-bond donors (Lipinski definition) is 1. The van der Waals surface area contributed by atoms with Crippen LogP contribution in [0.3, 0.4) is 0 Å². The van der Waals surface area contributed by atoms with Gasteiger partial charge >= 0.3 is 0 Å². The molecule has 1 unspecified atom stereocenters. The van der Waals surface area contributed by atoms with Gasteiger partial charge in [-0.25, -0.2) is 0 Å². The number of methoxy groups -OCH3 is 2. The molecule has 0 bridgehead atoms. The van der Waals surface area contributed by atoms with Gasteiger partial charge < -0.3 is 19.5 Å². The number of amides is 1. The van der Waals surface area contributed by atoms with Crippen LogP contribution in [-0.4, -0.2) is 35.9 Å². The number of hydrogen-bond acceptors (Lipinski definition) is 5. The van der Waals surface area contributed by atoms with E-state index in [1.807, 2.05) is 75.4 Å². The van der Waals surface area contributed by atoms with Crippen molar-refractivity contribution in [3.8, 4) is 11.5 Å². The molecule has 1 N–H and O–H groups in total. The summed E-state index contributed by atoms with van der Waals surface area (Å²) < 4.78 is 10.9. The summed E-state index contributed by atoms with van der Waals surface area (Å²) in [5.74, 6) is -0.250. The molecule has 1 atom stereocenters. The van der Waals surface area contributed by atoms with Crippen LogP contribution >= 0.6 is 0 Å². The SMILES string of the molecule is COc1cc(C)c(/C(O)=C2\C(=O)C(=O)N(Cc3ccccc3OC)C2c2ccccc2C)cc1C. The highest BCUT2D eigenvalue weighted by Gasteiger charge is 2.46. The molecule has 35 heavy (non-hydrogen) atoms. The van der Waals surface area contributed by atoms with Gasteiger partial charge in [-0.1, -0.05) is 42.5 Å². The lowest BCUT2D eigenvalue weighted by Gasteiger charge is -2.27. The third-order valence-electron chi connectivity index (χ3n) is 6.55. The molecule has 1 heterocycles. The Kier molecular flexibility index (Phi) is 6.65. The van der Waals surface area contributed by atoms with Gasteiger partial charge in [0.15, 0.2) is 0 Å². The lowest BCUT2D eigenvalue weighted by Crippen LogP contribution is -2.29. The Bertz CT molecular complexity index is 1340. The first kappa shape index (κ1) is 24.1. The van der Waals surface area contributed by atoms with Crippen LogP contribution in [0.1, 0.15) is 39.4 Å². The molecule has 0 radical (unpaired) electrons. The van der Waals surface area contributed by atoms with Gasteiger partial charge in [0, 0.05) is 11.1 Å². The van der Waals surface area contributed by atoms with Gasteiger partial charge in [-0.2, -0.15) is 0 Å². The molecule has 3 aromatic carbocycles. The first-order valence-corrected chi connectivity index (χ1v) is 11.4. The molecule has 6 heteroatoms. The molecule has 3 aromatic rings. The van der Waals surface area contributed by atoms with Crippen LogP contribution in [0.15, 0.2) is 66.2 Å². The number of rotatable bonds is 6. The van der Waals surface area contributed by atoms with E-state index in [0.29, 0.717) is 17.1 Å².